The van der Waals surface area contributed by atoms with Gasteiger partial charge in [-0.2, -0.15) is 0 Å². The van der Waals surface area contributed by atoms with Gasteiger partial charge in [0.05, 0.1) is 0 Å². The highest BCUT2D eigenvalue weighted by atomic mass is 32.2. The Morgan fingerprint density at radius 3 is 2.55 bits per heavy atom. The largest absolute Gasteiger partial charge is 0.325 e. The lowest BCUT2D eigenvalue weighted by Gasteiger charge is -2.05. The summed E-state index contributed by atoms with van der Waals surface area (Å²) in [6.07, 6.45) is 0. The van der Waals surface area contributed by atoms with Gasteiger partial charge in [-0.1, -0.05) is 30.3 Å². The highest BCUT2D eigenvalue weighted by molar-refractivity contribution is 7.84. The van der Waals surface area contributed by atoms with E-state index in [0.717, 1.165) is 0 Å². The maximum absolute atomic E-state index is 13.0. The summed E-state index contributed by atoms with van der Waals surface area (Å²) in [5.41, 5.74) is 1.29. The van der Waals surface area contributed by atoms with Crippen LogP contribution < -0.4 is 5.32 Å². The molecule has 0 bridgehead atoms. The molecule has 104 valence electrons. The molecule has 0 fully saturated rings. The predicted octanol–water partition coefficient (Wildman–Crippen LogP) is 2.71. The number of para-hydroxylation sites is 1. The molecule has 1 atom stereocenters. The number of nitrogens with one attached hydrogen (secondary N) is 1. The van der Waals surface area contributed by atoms with Crippen LogP contribution >= 0.6 is 0 Å². The molecule has 20 heavy (non-hydrogen) atoms. The average molecular weight is 291 g/mol. The van der Waals surface area contributed by atoms with E-state index in [4.69, 9.17) is 0 Å². The Labute approximate surface area is 119 Å². The summed E-state index contributed by atoms with van der Waals surface area (Å²) in [5.74, 6) is -0.620. The molecule has 3 nitrogen and oxygen atoms in total. The topological polar surface area (TPSA) is 46.2 Å². The first-order chi connectivity index (χ1) is 9.63. The second-order valence-corrected chi connectivity index (χ2v) is 5.73. The van der Waals surface area contributed by atoms with E-state index in [-0.39, 0.29) is 23.2 Å². The number of hydrogen-bond acceptors (Lipinski definition) is 2. The molecule has 5 heteroatoms. The maximum atomic E-state index is 13.0. The molecular formula is C15H14FNO2S. The van der Waals surface area contributed by atoms with Gasteiger partial charge in [-0.15, -0.1) is 0 Å². The molecule has 0 saturated heterocycles. The normalized spacial score (nSPS) is 11.8. The molecule has 2 aromatic rings. The zero-order chi connectivity index (χ0) is 14.4. The van der Waals surface area contributed by atoms with Gasteiger partial charge in [0.2, 0.25) is 5.91 Å². The van der Waals surface area contributed by atoms with Gasteiger partial charge in [0.15, 0.2) is 0 Å². The van der Waals surface area contributed by atoms with Gasteiger partial charge >= 0.3 is 0 Å². The molecule has 1 amide bonds. The van der Waals surface area contributed by atoms with Crippen molar-refractivity contribution in [3.63, 3.8) is 0 Å². The predicted molar refractivity (Wildman–Crippen MR) is 78.2 cm³/mol. The molecule has 0 heterocycles. The van der Waals surface area contributed by atoms with Crippen molar-refractivity contribution in [2.45, 2.75) is 5.75 Å². The second-order valence-electron chi connectivity index (χ2n) is 4.27. The molecule has 0 radical (unpaired) electrons. The SMILES string of the molecule is O=C(CS(=O)Cc1cccc(F)c1)Nc1ccccc1. The van der Waals surface area contributed by atoms with Crippen molar-refractivity contribution >= 4 is 22.4 Å². The maximum Gasteiger partial charge on any atom is 0.237 e. The third-order valence-corrected chi connectivity index (χ3v) is 3.81. The van der Waals surface area contributed by atoms with Crippen molar-refractivity contribution in [1.29, 1.82) is 0 Å². The van der Waals surface area contributed by atoms with Crippen LogP contribution in [0.4, 0.5) is 10.1 Å². The van der Waals surface area contributed by atoms with E-state index in [1.165, 1.54) is 12.1 Å². The van der Waals surface area contributed by atoms with Crippen LogP contribution in [0.25, 0.3) is 0 Å². The fraction of sp³-hybridized carbons (Fsp3) is 0.133. The first kappa shape index (κ1) is 14.4. The van der Waals surface area contributed by atoms with Crippen molar-refractivity contribution in [3.05, 3.63) is 66.0 Å². The fourth-order valence-electron chi connectivity index (χ4n) is 1.73. The van der Waals surface area contributed by atoms with E-state index in [9.17, 15) is 13.4 Å². The van der Waals surface area contributed by atoms with E-state index in [1.807, 2.05) is 6.07 Å². The standard InChI is InChI=1S/C15H14FNO2S/c16-13-6-4-5-12(9-13)10-20(19)11-15(18)17-14-7-2-1-3-8-14/h1-9H,10-11H2,(H,17,18). The van der Waals surface area contributed by atoms with Crippen molar-refractivity contribution in [1.82, 2.24) is 0 Å². The summed E-state index contributed by atoms with van der Waals surface area (Å²) in [6, 6.07) is 14.9. The van der Waals surface area contributed by atoms with Crippen molar-refractivity contribution in [2.24, 2.45) is 0 Å². The first-order valence-electron chi connectivity index (χ1n) is 6.08. The van der Waals surface area contributed by atoms with Crippen LogP contribution in [0.1, 0.15) is 5.56 Å². The highest BCUT2D eigenvalue weighted by Gasteiger charge is 2.09. The average Bonchev–Trinajstić information content (AvgIpc) is 2.39. The van der Waals surface area contributed by atoms with Gasteiger partial charge < -0.3 is 5.32 Å². The van der Waals surface area contributed by atoms with E-state index in [2.05, 4.69) is 5.32 Å². The zero-order valence-electron chi connectivity index (χ0n) is 10.7. The number of carbonyl (C=O) groups excluding carboxylic acids is 1. The second kappa shape index (κ2) is 6.96. The van der Waals surface area contributed by atoms with Crippen molar-refractivity contribution in [3.8, 4) is 0 Å². The molecule has 0 spiro atoms. The van der Waals surface area contributed by atoms with Gasteiger partial charge in [0, 0.05) is 22.2 Å². The Hall–Kier alpha value is -2.01. The van der Waals surface area contributed by atoms with Crippen LogP contribution in [0.3, 0.4) is 0 Å². The van der Waals surface area contributed by atoms with E-state index < -0.39 is 10.8 Å². The fourth-order valence-corrected chi connectivity index (χ4v) is 2.75. The third kappa shape index (κ3) is 4.59. The molecule has 1 unspecified atom stereocenters. The summed E-state index contributed by atoms with van der Waals surface area (Å²) in [7, 11) is -1.36. The van der Waals surface area contributed by atoms with Gasteiger partial charge in [-0.05, 0) is 29.8 Å². The molecule has 0 saturated carbocycles. The van der Waals surface area contributed by atoms with Crippen LogP contribution in [-0.2, 0) is 21.3 Å². The summed E-state index contributed by atoms with van der Waals surface area (Å²) in [5, 5.41) is 2.66. The van der Waals surface area contributed by atoms with E-state index >= 15 is 0 Å². The first-order valence-corrected chi connectivity index (χ1v) is 7.56. The zero-order valence-corrected chi connectivity index (χ0v) is 11.5. The number of amides is 1. The van der Waals surface area contributed by atoms with E-state index in [1.54, 1.807) is 36.4 Å². The minimum absolute atomic E-state index is 0.106. The highest BCUT2D eigenvalue weighted by Crippen LogP contribution is 2.08. The van der Waals surface area contributed by atoms with E-state index in [0.29, 0.717) is 11.3 Å². The smallest absolute Gasteiger partial charge is 0.237 e. The summed E-state index contributed by atoms with van der Waals surface area (Å²) in [4.78, 5) is 11.7. The molecule has 0 aliphatic rings. The van der Waals surface area contributed by atoms with Crippen LogP contribution in [0, 0.1) is 5.82 Å². The quantitative estimate of drug-likeness (QED) is 0.920. The Balaban J connectivity index is 1.87. The van der Waals surface area contributed by atoms with Crippen LogP contribution in [0.5, 0.6) is 0 Å². The third-order valence-electron chi connectivity index (χ3n) is 2.57. The molecule has 0 aromatic heterocycles. The Morgan fingerprint density at radius 1 is 1.10 bits per heavy atom. The van der Waals surface area contributed by atoms with Gasteiger partial charge in [-0.25, -0.2) is 4.39 Å². The summed E-state index contributed by atoms with van der Waals surface area (Å²) < 4.78 is 24.8. The molecule has 2 rings (SSSR count). The number of halogens is 1. The number of anilines is 1. The minimum Gasteiger partial charge on any atom is -0.325 e. The number of benzene rings is 2. The Morgan fingerprint density at radius 2 is 1.85 bits per heavy atom. The van der Waals surface area contributed by atoms with Gasteiger partial charge in [0.1, 0.15) is 11.6 Å². The molecule has 1 N–H and O–H groups in total. The Bertz CT molecular complexity index is 616. The molecular weight excluding hydrogens is 277 g/mol. The van der Waals surface area contributed by atoms with Gasteiger partial charge in [0.25, 0.3) is 0 Å². The molecule has 0 aliphatic heterocycles. The van der Waals surface area contributed by atoms with Crippen LogP contribution in [-0.4, -0.2) is 15.9 Å². The molecule has 2 aromatic carbocycles. The number of carbonyl (C=O) groups is 1. The van der Waals surface area contributed by atoms with Crippen molar-refractivity contribution in [2.75, 3.05) is 11.1 Å². The lowest BCUT2D eigenvalue weighted by Crippen LogP contribution is -2.20. The number of rotatable bonds is 5. The number of hydrogen-bond donors (Lipinski definition) is 1. The summed E-state index contributed by atoms with van der Waals surface area (Å²) in [6.45, 7) is 0. The van der Waals surface area contributed by atoms with Crippen LogP contribution in [0.15, 0.2) is 54.6 Å². The summed E-state index contributed by atoms with van der Waals surface area (Å²) >= 11 is 0. The van der Waals surface area contributed by atoms with Crippen LogP contribution in [0.2, 0.25) is 0 Å². The lowest BCUT2D eigenvalue weighted by atomic mass is 10.2. The minimum atomic E-state index is -1.36. The lowest BCUT2D eigenvalue weighted by molar-refractivity contribution is -0.113. The Kier molecular flexibility index (Phi) is 5.01. The van der Waals surface area contributed by atoms with Crippen molar-refractivity contribution < 1.29 is 13.4 Å². The monoisotopic (exact) mass is 291 g/mol. The van der Waals surface area contributed by atoms with Gasteiger partial charge in [-0.3, -0.25) is 9.00 Å². The molecule has 0 aliphatic carbocycles.